The monoisotopic (exact) mass is 370 g/mol. The standard InChI is InChI=1S/C22H26O5/c23-17-19-9-1-3-11-21(19)26-15-7-5-13-25-14-6-8-16-27-22-12-4-2-10-20(22)18-24/h1-4,9-12,17-18H,5-8,13-16H2. The molecule has 0 N–H and O–H groups in total. The molecule has 27 heavy (non-hydrogen) atoms. The molecular weight excluding hydrogens is 344 g/mol. The molecule has 5 nitrogen and oxygen atoms in total. The molecule has 2 aromatic rings. The van der Waals surface area contributed by atoms with Gasteiger partial charge in [0, 0.05) is 13.2 Å². The molecule has 0 saturated heterocycles. The first-order valence-electron chi connectivity index (χ1n) is 9.27. The lowest BCUT2D eigenvalue weighted by molar-refractivity contribution is 0.111. The summed E-state index contributed by atoms with van der Waals surface area (Å²) >= 11 is 0. The van der Waals surface area contributed by atoms with Gasteiger partial charge in [-0.2, -0.15) is 0 Å². The summed E-state index contributed by atoms with van der Waals surface area (Å²) in [7, 11) is 0. The van der Waals surface area contributed by atoms with E-state index in [9.17, 15) is 9.59 Å². The molecule has 144 valence electrons. The molecule has 0 fully saturated rings. The lowest BCUT2D eigenvalue weighted by Crippen LogP contribution is -2.04. The Kier molecular flexibility index (Phi) is 9.68. The highest BCUT2D eigenvalue weighted by atomic mass is 16.5. The lowest BCUT2D eigenvalue weighted by atomic mass is 10.2. The number of para-hydroxylation sites is 2. The van der Waals surface area contributed by atoms with E-state index in [-0.39, 0.29) is 0 Å². The predicted molar refractivity (Wildman–Crippen MR) is 104 cm³/mol. The molecule has 5 heteroatoms. The molecule has 0 unspecified atom stereocenters. The first kappa shape index (κ1) is 20.6. The van der Waals surface area contributed by atoms with Gasteiger partial charge >= 0.3 is 0 Å². The second kappa shape index (κ2) is 12.7. The third kappa shape index (κ3) is 7.62. The fourth-order valence-corrected chi connectivity index (χ4v) is 2.50. The van der Waals surface area contributed by atoms with Crippen molar-refractivity contribution in [3.63, 3.8) is 0 Å². The Bertz CT molecular complexity index is 639. The Morgan fingerprint density at radius 1 is 0.593 bits per heavy atom. The number of carbonyl (C=O) groups excluding carboxylic acids is 2. The van der Waals surface area contributed by atoms with Crippen LogP contribution in [0.1, 0.15) is 46.4 Å². The van der Waals surface area contributed by atoms with Gasteiger partial charge in [-0.15, -0.1) is 0 Å². The topological polar surface area (TPSA) is 61.8 Å². The zero-order chi connectivity index (χ0) is 19.2. The molecule has 0 radical (unpaired) electrons. The Morgan fingerprint density at radius 3 is 1.44 bits per heavy atom. The zero-order valence-electron chi connectivity index (χ0n) is 15.5. The van der Waals surface area contributed by atoms with Crippen molar-refractivity contribution >= 4 is 12.6 Å². The van der Waals surface area contributed by atoms with Gasteiger partial charge in [-0.25, -0.2) is 0 Å². The van der Waals surface area contributed by atoms with Crippen molar-refractivity contribution in [1.29, 1.82) is 0 Å². The highest BCUT2D eigenvalue weighted by Gasteiger charge is 2.02. The summed E-state index contributed by atoms with van der Waals surface area (Å²) in [5, 5.41) is 0. The summed E-state index contributed by atoms with van der Waals surface area (Å²) < 4.78 is 16.8. The maximum absolute atomic E-state index is 10.9. The normalized spacial score (nSPS) is 10.4. The Balaban J connectivity index is 1.45. The second-order valence-corrected chi connectivity index (χ2v) is 6.03. The smallest absolute Gasteiger partial charge is 0.153 e. The fraction of sp³-hybridized carbons (Fsp3) is 0.364. The number of benzene rings is 2. The molecule has 0 bridgehead atoms. The molecule has 0 aliphatic heterocycles. The maximum Gasteiger partial charge on any atom is 0.153 e. The minimum atomic E-state index is 0.568. The molecule has 2 aromatic carbocycles. The van der Waals surface area contributed by atoms with Crippen LogP contribution in [0.4, 0.5) is 0 Å². The number of ether oxygens (including phenoxy) is 3. The first-order chi connectivity index (χ1) is 13.3. The molecule has 2 rings (SSSR count). The van der Waals surface area contributed by atoms with Crippen LogP contribution in [0, 0.1) is 0 Å². The molecule has 0 atom stereocenters. The summed E-state index contributed by atoms with van der Waals surface area (Å²) in [5.74, 6) is 1.26. The molecule has 0 amide bonds. The summed E-state index contributed by atoms with van der Waals surface area (Å²) in [4.78, 5) is 21.8. The van der Waals surface area contributed by atoms with Gasteiger partial charge in [0.15, 0.2) is 12.6 Å². The number of unbranched alkanes of at least 4 members (excludes halogenated alkanes) is 2. The molecule has 0 heterocycles. The average Bonchev–Trinajstić information content (AvgIpc) is 2.72. The first-order valence-corrected chi connectivity index (χ1v) is 9.27. The van der Waals surface area contributed by atoms with E-state index in [0.29, 0.717) is 49.1 Å². The Labute approximate surface area is 160 Å². The van der Waals surface area contributed by atoms with Crippen molar-refractivity contribution in [3.05, 3.63) is 59.7 Å². The van der Waals surface area contributed by atoms with Gasteiger partial charge in [-0.05, 0) is 49.9 Å². The fourth-order valence-electron chi connectivity index (χ4n) is 2.50. The van der Waals surface area contributed by atoms with Crippen LogP contribution in [-0.2, 0) is 4.74 Å². The van der Waals surface area contributed by atoms with E-state index in [1.807, 2.05) is 24.3 Å². The zero-order valence-corrected chi connectivity index (χ0v) is 15.5. The SMILES string of the molecule is O=Cc1ccccc1OCCCCOCCCCOc1ccccc1C=O. The summed E-state index contributed by atoms with van der Waals surface area (Å²) in [6.45, 7) is 2.51. The van der Waals surface area contributed by atoms with Crippen LogP contribution in [0.25, 0.3) is 0 Å². The van der Waals surface area contributed by atoms with Crippen molar-refractivity contribution in [2.45, 2.75) is 25.7 Å². The third-order valence-corrected chi connectivity index (χ3v) is 3.97. The third-order valence-electron chi connectivity index (χ3n) is 3.97. The van der Waals surface area contributed by atoms with Crippen LogP contribution in [0.3, 0.4) is 0 Å². The molecule has 0 aromatic heterocycles. The van der Waals surface area contributed by atoms with Gasteiger partial charge in [0.25, 0.3) is 0 Å². The molecular formula is C22H26O5. The van der Waals surface area contributed by atoms with E-state index in [0.717, 1.165) is 38.3 Å². The molecule has 0 saturated carbocycles. The van der Waals surface area contributed by atoms with Gasteiger partial charge in [0.2, 0.25) is 0 Å². The number of aldehydes is 2. The quantitative estimate of drug-likeness (QED) is 0.365. The van der Waals surface area contributed by atoms with E-state index >= 15 is 0 Å². The van der Waals surface area contributed by atoms with Crippen LogP contribution >= 0.6 is 0 Å². The maximum atomic E-state index is 10.9. The van der Waals surface area contributed by atoms with Gasteiger partial charge in [-0.1, -0.05) is 24.3 Å². The van der Waals surface area contributed by atoms with Crippen LogP contribution in [0.2, 0.25) is 0 Å². The van der Waals surface area contributed by atoms with Crippen molar-refractivity contribution in [3.8, 4) is 11.5 Å². The van der Waals surface area contributed by atoms with Crippen LogP contribution < -0.4 is 9.47 Å². The largest absolute Gasteiger partial charge is 0.493 e. The van der Waals surface area contributed by atoms with E-state index in [4.69, 9.17) is 14.2 Å². The highest BCUT2D eigenvalue weighted by molar-refractivity contribution is 5.79. The van der Waals surface area contributed by atoms with Crippen LogP contribution in [-0.4, -0.2) is 39.0 Å². The van der Waals surface area contributed by atoms with Crippen molar-refractivity contribution < 1.29 is 23.8 Å². The van der Waals surface area contributed by atoms with Crippen molar-refractivity contribution in [1.82, 2.24) is 0 Å². The van der Waals surface area contributed by atoms with Crippen molar-refractivity contribution in [2.24, 2.45) is 0 Å². The number of carbonyl (C=O) groups is 2. The second-order valence-electron chi connectivity index (χ2n) is 6.03. The van der Waals surface area contributed by atoms with Gasteiger partial charge in [0.1, 0.15) is 11.5 Å². The van der Waals surface area contributed by atoms with E-state index in [1.165, 1.54) is 0 Å². The van der Waals surface area contributed by atoms with E-state index < -0.39 is 0 Å². The average molecular weight is 370 g/mol. The van der Waals surface area contributed by atoms with Crippen LogP contribution in [0.5, 0.6) is 11.5 Å². The minimum Gasteiger partial charge on any atom is -0.493 e. The van der Waals surface area contributed by atoms with Gasteiger partial charge < -0.3 is 14.2 Å². The predicted octanol–water partition coefficient (Wildman–Crippen LogP) is 4.35. The number of hydrogen-bond acceptors (Lipinski definition) is 5. The van der Waals surface area contributed by atoms with Gasteiger partial charge in [0.05, 0.1) is 24.3 Å². The summed E-state index contributed by atoms with van der Waals surface area (Å²) in [6.07, 6.45) is 5.18. The number of hydrogen-bond donors (Lipinski definition) is 0. The summed E-state index contributed by atoms with van der Waals surface area (Å²) in [5.41, 5.74) is 1.15. The highest BCUT2D eigenvalue weighted by Crippen LogP contribution is 2.16. The molecule has 0 aliphatic rings. The van der Waals surface area contributed by atoms with Crippen LogP contribution in [0.15, 0.2) is 48.5 Å². The Morgan fingerprint density at radius 2 is 1.00 bits per heavy atom. The van der Waals surface area contributed by atoms with E-state index in [2.05, 4.69) is 0 Å². The number of rotatable bonds is 14. The van der Waals surface area contributed by atoms with E-state index in [1.54, 1.807) is 24.3 Å². The lowest BCUT2D eigenvalue weighted by Gasteiger charge is -2.09. The summed E-state index contributed by atoms with van der Waals surface area (Å²) in [6, 6.07) is 14.4. The Hall–Kier alpha value is -2.66. The van der Waals surface area contributed by atoms with Crippen molar-refractivity contribution in [2.75, 3.05) is 26.4 Å². The minimum absolute atomic E-state index is 0.568. The van der Waals surface area contributed by atoms with Gasteiger partial charge in [-0.3, -0.25) is 9.59 Å². The molecule has 0 aliphatic carbocycles. The molecule has 0 spiro atoms.